The number of hydrazine groups is 1. The molecule has 0 amide bonds. The molecule has 0 saturated heterocycles. The maximum Gasteiger partial charge on any atom is 0.240 e. The summed E-state index contributed by atoms with van der Waals surface area (Å²) in [4.78, 5) is 8.03. The van der Waals surface area contributed by atoms with Crippen LogP contribution in [0.2, 0.25) is 0 Å². The number of anilines is 1. The molecule has 0 atom stereocenters. The average Bonchev–Trinajstić information content (AvgIpc) is 2.33. The summed E-state index contributed by atoms with van der Waals surface area (Å²) in [7, 11) is 0. The molecular formula is C11H10BrFN4O. The number of ether oxygens (including phenoxy) is 1. The van der Waals surface area contributed by atoms with E-state index in [2.05, 4.69) is 31.3 Å². The normalized spacial score (nSPS) is 10.2. The van der Waals surface area contributed by atoms with E-state index in [0.717, 1.165) is 0 Å². The summed E-state index contributed by atoms with van der Waals surface area (Å²) in [6.45, 7) is 1.77. The van der Waals surface area contributed by atoms with Crippen molar-refractivity contribution in [3.63, 3.8) is 0 Å². The standard InChI is InChI=1S/C11H10BrFN4O/c1-6-4-10(16-11(15-6)17-14)18-9-5-7(13)2-3-8(9)12/h2-5H,14H2,1H3,(H,15,16,17). The first-order valence-corrected chi connectivity index (χ1v) is 5.83. The van der Waals surface area contributed by atoms with Gasteiger partial charge in [-0.2, -0.15) is 4.98 Å². The fraction of sp³-hybridized carbons (Fsp3) is 0.0909. The summed E-state index contributed by atoms with van der Waals surface area (Å²) in [6.07, 6.45) is 0. The van der Waals surface area contributed by atoms with Crippen molar-refractivity contribution in [1.82, 2.24) is 9.97 Å². The lowest BCUT2D eigenvalue weighted by molar-refractivity contribution is 0.454. The summed E-state index contributed by atoms with van der Waals surface area (Å²) in [5.41, 5.74) is 3.01. The zero-order chi connectivity index (χ0) is 13.1. The van der Waals surface area contributed by atoms with Crippen LogP contribution in [-0.2, 0) is 0 Å². The molecule has 2 aromatic rings. The third kappa shape index (κ3) is 2.93. The number of rotatable bonds is 3. The van der Waals surface area contributed by atoms with Crippen LogP contribution in [0.1, 0.15) is 5.69 Å². The number of aromatic nitrogens is 2. The van der Waals surface area contributed by atoms with Crippen LogP contribution < -0.4 is 16.0 Å². The topological polar surface area (TPSA) is 73.1 Å². The van der Waals surface area contributed by atoms with E-state index in [4.69, 9.17) is 10.6 Å². The van der Waals surface area contributed by atoms with Crippen LogP contribution >= 0.6 is 15.9 Å². The predicted octanol–water partition coefficient (Wildman–Crippen LogP) is 2.76. The Labute approximate surface area is 111 Å². The maximum atomic E-state index is 13.1. The molecule has 0 saturated carbocycles. The van der Waals surface area contributed by atoms with Gasteiger partial charge in [-0.15, -0.1) is 0 Å². The van der Waals surface area contributed by atoms with Crippen LogP contribution in [0.4, 0.5) is 10.3 Å². The van der Waals surface area contributed by atoms with Gasteiger partial charge in [-0.1, -0.05) is 0 Å². The number of halogens is 2. The molecule has 1 aromatic carbocycles. The fourth-order valence-electron chi connectivity index (χ4n) is 1.32. The Hall–Kier alpha value is -1.73. The molecule has 0 aliphatic heterocycles. The number of nitrogens with one attached hydrogen (secondary N) is 1. The molecule has 94 valence electrons. The van der Waals surface area contributed by atoms with Crippen molar-refractivity contribution in [3.8, 4) is 11.6 Å². The Morgan fingerprint density at radius 1 is 1.33 bits per heavy atom. The second-order valence-corrected chi connectivity index (χ2v) is 4.35. The molecule has 0 bridgehead atoms. The highest BCUT2D eigenvalue weighted by atomic mass is 79.9. The van der Waals surface area contributed by atoms with Gasteiger partial charge in [0, 0.05) is 17.8 Å². The van der Waals surface area contributed by atoms with Gasteiger partial charge in [0.1, 0.15) is 11.6 Å². The van der Waals surface area contributed by atoms with E-state index in [1.807, 2.05) is 0 Å². The number of aryl methyl sites for hydroxylation is 1. The van der Waals surface area contributed by atoms with Gasteiger partial charge in [-0.25, -0.2) is 15.2 Å². The monoisotopic (exact) mass is 312 g/mol. The van der Waals surface area contributed by atoms with Crippen LogP contribution in [0.5, 0.6) is 11.6 Å². The van der Waals surface area contributed by atoms with Crippen molar-refractivity contribution < 1.29 is 9.13 Å². The van der Waals surface area contributed by atoms with Crippen LogP contribution in [0.25, 0.3) is 0 Å². The summed E-state index contributed by atoms with van der Waals surface area (Å²) in [5.74, 6) is 5.69. The second kappa shape index (κ2) is 5.28. The molecule has 1 heterocycles. The number of hydrogen-bond acceptors (Lipinski definition) is 5. The van der Waals surface area contributed by atoms with Gasteiger partial charge in [-0.3, -0.25) is 5.43 Å². The van der Waals surface area contributed by atoms with E-state index in [1.165, 1.54) is 12.1 Å². The van der Waals surface area contributed by atoms with Gasteiger partial charge in [0.05, 0.1) is 4.47 Å². The Morgan fingerprint density at radius 2 is 2.11 bits per heavy atom. The smallest absolute Gasteiger partial charge is 0.240 e. The van der Waals surface area contributed by atoms with Crippen LogP contribution in [0.15, 0.2) is 28.7 Å². The van der Waals surface area contributed by atoms with Crippen molar-refractivity contribution >= 4 is 21.9 Å². The number of benzene rings is 1. The molecular weight excluding hydrogens is 303 g/mol. The lowest BCUT2D eigenvalue weighted by Gasteiger charge is -2.08. The third-order valence-electron chi connectivity index (χ3n) is 2.07. The molecule has 3 N–H and O–H groups in total. The highest BCUT2D eigenvalue weighted by Gasteiger charge is 2.07. The minimum absolute atomic E-state index is 0.234. The molecule has 0 unspecified atom stereocenters. The van der Waals surface area contributed by atoms with E-state index >= 15 is 0 Å². The zero-order valence-corrected chi connectivity index (χ0v) is 11.0. The Morgan fingerprint density at radius 3 is 2.83 bits per heavy atom. The molecule has 7 heteroatoms. The van der Waals surface area contributed by atoms with Crippen molar-refractivity contribution in [2.24, 2.45) is 5.84 Å². The quantitative estimate of drug-likeness (QED) is 0.673. The molecule has 0 radical (unpaired) electrons. The largest absolute Gasteiger partial charge is 0.438 e. The lowest BCUT2D eigenvalue weighted by atomic mass is 10.3. The highest BCUT2D eigenvalue weighted by molar-refractivity contribution is 9.10. The first-order chi connectivity index (χ1) is 8.58. The molecule has 0 aliphatic rings. The van der Waals surface area contributed by atoms with Crippen LogP contribution in [0, 0.1) is 12.7 Å². The van der Waals surface area contributed by atoms with Crippen molar-refractivity contribution in [2.75, 3.05) is 5.43 Å². The van der Waals surface area contributed by atoms with Gasteiger partial charge < -0.3 is 4.74 Å². The van der Waals surface area contributed by atoms with E-state index < -0.39 is 5.82 Å². The van der Waals surface area contributed by atoms with Crippen LogP contribution in [0.3, 0.4) is 0 Å². The van der Waals surface area contributed by atoms with Crippen molar-refractivity contribution in [3.05, 3.63) is 40.2 Å². The van der Waals surface area contributed by atoms with Gasteiger partial charge in [0.2, 0.25) is 11.8 Å². The maximum absolute atomic E-state index is 13.1. The minimum Gasteiger partial charge on any atom is -0.438 e. The van der Waals surface area contributed by atoms with Crippen molar-refractivity contribution in [1.29, 1.82) is 0 Å². The first kappa shape index (κ1) is 12.7. The van der Waals surface area contributed by atoms with Crippen LogP contribution in [-0.4, -0.2) is 9.97 Å². The molecule has 0 fully saturated rings. The Bertz CT molecular complexity index is 579. The summed E-state index contributed by atoms with van der Waals surface area (Å²) < 4.78 is 19.2. The van der Waals surface area contributed by atoms with Gasteiger partial charge in [0.25, 0.3) is 0 Å². The van der Waals surface area contributed by atoms with Gasteiger partial charge in [0.15, 0.2) is 0 Å². The molecule has 5 nitrogen and oxygen atoms in total. The number of nitrogen functional groups attached to an aromatic ring is 1. The number of hydrogen-bond donors (Lipinski definition) is 2. The SMILES string of the molecule is Cc1cc(Oc2cc(F)ccc2Br)nc(NN)n1. The Balaban J connectivity index is 2.33. The number of nitrogens with zero attached hydrogens (tertiary/aromatic N) is 2. The second-order valence-electron chi connectivity index (χ2n) is 3.49. The molecule has 1 aromatic heterocycles. The van der Waals surface area contributed by atoms with Crippen molar-refractivity contribution in [2.45, 2.75) is 6.92 Å². The van der Waals surface area contributed by atoms with Gasteiger partial charge >= 0.3 is 0 Å². The molecule has 0 aliphatic carbocycles. The summed E-state index contributed by atoms with van der Waals surface area (Å²) in [6, 6.07) is 5.77. The van der Waals surface area contributed by atoms with Gasteiger partial charge in [-0.05, 0) is 35.0 Å². The number of nitrogens with two attached hydrogens (primary N) is 1. The molecule has 0 spiro atoms. The first-order valence-electron chi connectivity index (χ1n) is 5.03. The third-order valence-corrected chi connectivity index (χ3v) is 2.72. The van der Waals surface area contributed by atoms with E-state index in [9.17, 15) is 4.39 Å². The predicted molar refractivity (Wildman–Crippen MR) is 68.8 cm³/mol. The van der Waals surface area contributed by atoms with E-state index in [1.54, 1.807) is 19.1 Å². The average molecular weight is 313 g/mol. The molecule has 18 heavy (non-hydrogen) atoms. The van der Waals surface area contributed by atoms with E-state index in [0.29, 0.717) is 15.9 Å². The minimum atomic E-state index is -0.392. The Kier molecular flexibility index (Phi) is 3.73. The summed E-state index contributed by atoms with van der Waals surface area (Å²) in [5, 5.41) is 0. The zero-order valence-electron chi connectivity index (χ0n) is 9.45. The highest BCUT2D eigenvalue weighted by Crippen LogP contribution is 2.29. The summed E-state index contributed by atoms with van der Waals surface area (Å²) >= 11 is 3.27. The molecule has 2 rings (SSSR count). The van der Waals surface area contributed by atoms with E-state index in [-0.39, 0.29) is 11.8 Å². The lowest BCUT2D eigenvalue weighted by Crippen LogP contribution is -2.11. The fourth-order valence-corrected chi connectivity index (χ4v) is 1.65.